The maximum atomic E-state index is 12.4. The largest absolute Gasteiger partial charge is 0.494 e. The molecule has 0 unspecified atom stereocenters. The number of carbonyl (C=O) groups excluding carboxylic acids is 1. The van der Waals surface area contributed by atoms with Crippen molar-refractivity contribution >= 4 is 17.9 Å². The molecule has 3 rings (SSSR count). The first-order valence-corrected chi connectivity index (χ1v) is 11.9. The fourth-order valence-electron chi connectivity index (χ4n) is 3.09. The number of carbonyl (C=O) groups is 1. The molecule has 34 heavy (non-hydrogen) atoms. The third-order valence-corrected chi connectivity index (χ3v) is 5.31. The van der Waals surface area contributed by atoms with Crippen molar-refractivity contribution in [3.8, 4) is 17.2 Å². The summed E-state index contributed by atoms with van der Waals surface area (Å²) in [5.41, 5.74) is 2.22. The lowest BCUT2D eigenvalue weighted by atomic mass is 10.2. The van der Waals surface area contributed by atoms with Gasteiger partial charge in [-0.05, 0) is 98.1 Å². The molecule has 0 N–H and O–H groups in total. The van der Waals surface area contributed by atoms with Gasteiger partial charge < -0.3 is 14.2 Å². The van der Waals surface area contributed by atoms with E-state index < -0.39 is 5.97 Å². The normalized spacial score (nSPS) is 11.9. The van der Waals surface area contributed by atoms with E-state index >= 15 is 0 Å². The standard InChI is InChI=1S/C29H33NO4/c1-4-6-7-20-32-26-16-10-24(11-17-26)29(31)34-28-14-8-23(9-15-28)21-30-25-12-18-27(19-13-25)33-22(3)5-2/h8-19,21-22H,4-7,20H2,1-3H3/t22-/m0/s1. The van der Waals surface area contributed by atoms with Gasteiger partial charge in [-0.25, -0.2) is 4.79 Å². The number of aliphatic imine (C=N–C) groups is 1. The number of benzene rings is 3. The van der Waals surface area contributed by atoms with Crippen molar-refractivity contribution in [2.24, 2.45) is 4.99 Å². The smallest absolute Gasteiger partial charge is 0.343 e. The highest BCUT2D eigenvalue weighted by atomic mass is 16.5. The molecule has 0 aromatic heterocycles. The van der Waals surface area contributed by atoms with Gasteiger partial charge in [0.2, 0.25) is 0 Å². The Morgan fingerprint density at radius 3 is 2.15 bits per heavy atom. The molecular formula is C29H33NO4. The van der Waals surface area contributed by atoms with Crippen LogP contribution in [0.2, 0.25) is 0 Å². The molecule has 0 saturated heterocycles. The van der Waals surface area contributed by atoms with Crippen molar-refractivity contribution in [1.82, 2.24) is 0 Å². The zero-order chi connectivity index (χ0) is 24.2. The first-order valence-electron chi connectivity index (χ1n) is 11.9. The van der Waals surface area contributed by atoms with Gasteiger partial charge in [-0.1, -0.05) is 26.7 Å². The number of ether oxygens (including phenoxy) is 3. The maximum absolute atomic E-state index is 12.4. The predicted molar refractivity (Wildman–Crippen MR) is 137 cm³/mol. The quantitative estimate of drug-likeness (QED) is 0.122. The van der Waals surface area contributed by atoms with Crippen LogP contribution in [-0.2, 0) is 0 Å². The molecule has 5 heteroatoms. The maximum Gasteiger partial charge on any atom is 0.343 e. The Kier molecular flexibility index (Phi) is 9.71. The summed E-state index contributed by atoms with van der Waals surface area (Å²) < 4.78 is 17.0. The fourth-order valence-corrected chi connectivity index (χ4v) is 3.09. The van der Waals surface area contributed by atoms with Crippen LogP contribution in [0.4, 0.5) is 5.69 Å². The van der Waals surface area contributed by atoms with Crippen LogP contribution in [0.5, 0.6) is 17.2 Å². The Balaban J connectivity index is 1.50. The van der Waals surface area contributed by atoms with Gasteiger partial charge in [-0.15, -0.1) is 0 Å². The van der Waals surface area contributed by atoms with Crippen LogP contribution in [0.1, 0.15) is 62.4 Å². The molecule has 0 radical (unpaired) electrons. The SMILES string of the molecule is CCCCCOc1ccc(C(=O)Oc2ccc(C=Nc3ccc(O[C@@H](C)CC)cc3)cc2)cc1. The second-order valence-corrected chi connectivity index (χ2v) is 8.13. The molecule has 0 bridgehead atoms. The number of rotatable bonds is 12. The van der Waals surface area contributed by atoms with Crippen molar-refractivity contribution in [2.75, 3.05) is 6.61 Å². The molecule has 0 saturated carbocycles. The lowest BCUT2D eigenvalue weighted by Crippen LogP contribution is -2.09. The highest BCUT2D eigenvalue weighted by molar-refractivity contribution is 5.91. The zero-order valence-corrected chi connectivity index (χ0v) is 20.2. The Bertz CT molecular complexity index is 1040. The van der Waals surface area contributed by atoms with Crippen LogP contribution in [0.15, 0.2) is 77.8 Å². The Morgan fingerprint density at radius 1 is 0.853 bits per heavy atom. The van der Waals surface area contributed by atoms with E-state index in [9.17, 15) is 4.79 Å². The molecule has 1 atom stereocenters. The molecule has 0 aliphatic rings. The monoisotopic (exact) mass is 459 g/mol. The van der Waals surface area contributed by atoms with E-state index in [0.29, 0.717) is 17.9 Å². The molecule has 3 aromatic rings. The van der Waals surface area contributed by atoms with E-state index in [1.807, 2.05) is 43.3 Å². The number of hydrogen-bond acceptors (Lipinski definition) is 5. The Morgan fingerprint density at radius 2 is 1.50 bits per heavy atom. The third-order valence-electron chi connectivity index (χ3n) is 5.31. The van der Waals surface area contributed by atoms with E-state index in [4.69, 9.17) is 14.2 Å². The van der Waals surface area contributed by atoms with E-state index in [2.05, 4.69) is 18.8 Å². The molecule has 0 fully saturated rings. The molecule has 5 nitrogen and oxygen atoms in total. The summed E-state index contributed by atoms with van der Waals surface area (Å²) in [6.07, 6.45) is 6.26. The summed E-state index contributed by atoms with van der Waals surface area (Å²) in [6.45, 7) is 6.99. The van der Waals surface area contributed by atoms with Crippen LogP contribution in [-0.4, -0.2) is 24.9 Å². The van der Waals surface area contributed by atoms with Crippen molar-refractivity contribution in [3.05, 3.63) is 83.9 Å². The number of nitrogens with zero attached hydrogens (tertiary/aromatic N) is 1. The minimum Gasteiger partial charge on any atom is -0.494 e. The first-order chi connectivity index (χ1) is 16.6. The Hall–Kier alpha value is -3.60. The van der Waals surface area contributed by atoms with Crippen LogP contribution in [0.3, 0.4) is 0 Å². The van der Waals surface area contributed by atoms with E-state index in [1.165, 1.54) is 0 Å². The van der Waals surface area contributed by atoms with Crippen molar-refractivity contribution < 1.29 is 19.0 Å². The molecule has 0 amide bonds. The molecular weight excluding hydrogens is 426 g/mol. The van der Waals surface area contributed by atoms with Crippen molar-refractivity contribution in [2.45, 2.75) is 52.6 Å². The summed E-state index contributed by atoms with van der Waals surface area (Å²) in [7, 11) is 0. The number of esters is 1. The molecule has 0 aliphatic heterocycles. The molecule has 0 heterocycles. The molecule has 3 aromatic carbocycles. The summed E-state index contributed by atoms with van der Waals surface area (Å²) in [5, 5.41) is 0. The van der Waals surface area contributed by atoms with Gasteiger partial charge >= 0.3 is 5.97 Å². The summed E-state index contributed by atoms with van der Waals surface area (Å²) in [5.74, 6) is 1.68. The molecule has 0 aliphatic carbocycles. The summed E-state index contributed by atoms with van der Waals surface area (Å²) in [6, 6.07) is 22.0. The van der Waals surface area contributed by atoms with Crippen LogP contribution in [0.25, 0.3) is 0 Å². The molecule has 178 valence electrons. The zero-order valence-electron chi connectivity index (χ0n) is 20.2. The predicted octanol–water partition coefficient (Wildman–Crippen LogP) is 7.40. The summed E-state index contributed by atoms with van der Waals surface area (Å²) >= 11 is 0. The van der Waals surface area contributed by atoms with Crippen LogP contribution in [0, 0.1) is 0 Å². The molecule has 0 spiro atoms. The average Bonchev–Trinajstić information content (AvgIpc) is 2.87. The lowest BCUT2D eigenvalue weighted by Gasteiger charge is -2.12. The average molecular weight is 460 g/mol. The van der Waals surface area contributed by atoms with Gasteiger partial charge in [0.1, 0.15) is 17.2 Å². The minimum atomic E-state index is -0.404. The van der Waals surface area contributed by atoms with Gasteiger partial charge in [0.25, 0.3) is 0 Å². The van der Waals surface area contributed by atoms with Gasteiger partial charge in [0, 0.05) is 6.21 Å². The van der Waals surface area contributed by atoms with Crippen LogP contribution < -0.4 is 14.2 Å². The van der Waals surface area contributed by atoms with E-state index in [-0.39, 0.29) is 6.10 Å². The van der Waals surface area contributed by atoms with Gasteiger partial charge in [0.15, 0.2) is 0 Å². The van der Waals surface area contributed by atoms with E-state index in [1.54, 1.807) is 42.6 Å². The van der Waals surface area contributed by atoms with Gasteiger partial charge in [-0.3, -0.25) is 4.99 Å². The van der Waals surface area contributed by atoms with Crippen LogP contribution >= 0.6 is 0 Å². The third kappa shape index (κ3) is 8.07. The first kappa shape index (κ1) is 25.0. The number of unbranched alkanes of at least 4 members (excludes halogenated alkanes) is 2. The number of hydrogen-bond donors (Lipinski definition) is 0. The van der Waals surface area contributed by atoms with Gasteiger partial charge in [0.05, 0.1) is 24.0 Å². The van der Waals surface area contributed by atoms with Gasteiger partial charge in [-0.2, -0.15) is 0 Å². The topological polar surface area (TPSA) is 57.1 Å². The second kappa shape index (κ2) is 13.2. The Labute approximate surface area is 202 Å². The second-order valence-electron chi connectivity index (χ2n) is 8.13. The fraction of sp³-hybridized carbons (Fsp3) is 0.310. The lowest BCUT2D eigenvalue weighted by molar-refractivity contribution is 0.0734. The summed E-state index contributed by atoms with van der Waals surface area (Å²) in [4.78, 5) is 16.9. The highest BCUT2D eigenvalue weighted by Gasteiger charge is 2.09. The van der Waals surface area contributed by atoms with E-state index in [0.717, 1.165) is 48.4 Å². The minimum absolute atomic E-state index is 0.190. The highest BCUT2D eigenvalue weighted by Crippen LogP contribution is 2.20. The van der Waals surface area contributed by atoms with Crippen molar-refractivity contribution in [3.63, 3.8) is 0 Å². The van der Waals surface area contributed by atoms with Crippen molar-refractivity contribution in [1.29, 1.82) is 0 Å².